The van der Waals surface area contributed by atoms with E-state index in [-0.39, 0.29) is 37.9 Å². The highest BCUT2D eigenvalue weighted by molar-refractivity contribution is 8.00. The van der Waals surface area contributed by atoms with Gasteiger partial charge in [0, 0.05) is 23.8 Å². The summed E-state index contributed by atoms with van der Waals surface area (Å²) in [5.41, 5.74) is 5.43. The van der Waals surface area contributed by atoms with E-state index in [4.69, 9.17) is 21.1 Å². The van der Waals surface area contributed by atoms with Crippen LogP contribution >= 0.6 is 11.8 Å². The van der Waals surface area contributed by atoms with Gasteiger partial charge in [-0.3, -0.25) is 24.0 Å². The molecule has 0 unspecified atom stereocenters. The lowest BCUT2D eigenvalue weighted by molar-refractivity contribution is -0.139. The maximum atomic E-state index is 12.6. The normalized spacial score (nSPS) is 15.4. The zero-order valence-corrected chi connectivity index (χ0v) is 25.9. The minimum absolute atomic E-state index is 0.0812. The molecule has 0 bridgehead atoms. The van der Waals surface area contributed by atoms with Gasteiger partial charge >= 0.3 is 17.9 Å². The van der Waals surface area contributed by atoms with E-state index < -0.39 is 65.8 Å². The third kappa shape index (κ3) is 22.1. The first-order valence-corrected chi connectivity index (χ1v) is 15.6. The van der Waals surface area contributed by atoms with Crippen molar-refractivity contribution >= 4 is 41.5 Å². The summed E-state index contributed by atoms with van der Waals surface area (Å²) < 4.78 is 0. The highest BCUT2D eigenvalue weighted by atomic mass is 32.2. The zero-order chi connectivity index (χ0) is 33.3. The average molecular weight is 642 g/mol. The van der Waals surface area contributed by atoms with E-state index in [9.17, 15) is 34.2 Å². The molecule has 0 spiro atoms. The molecular formula is C30H47N3O10S. The number of thioether (sulfide) groups is 1. The number of unbranched alkanes of at least 4 members (excludes halogenated alkanes) is 2. The van der Waals surface area contributed by atoms with E-state index in [1.807, 2.05) is 0 Å². The number of rotatable bonds is 25. The van der Waals surface area contributed by atoms with E-state index in [0.717, 1.165) is 31.0 Å². The van der Waals surface area contributed by atoms with Crippen LogP contribution in [0.25, 0.3) is 0 Å². The number of amides is 2. The third-order valence-electron chi connectivity index (χ3n) is 6.08. The van der Waals surface area contributed by atoms with Crippen molar-refractivity contribution in [1.29, 1.82) is 0 Å². The van der Waals surface area contributed by atoms with Crippen LogP contribution in [0.1, 0.15) is 64.7 Å². The van der Waals surface area contributed by atoms with Crippen LogP contribution in [0.3, 0.4) is 0 Å². The number of carbonyl (C=O) groups excluding carboxylic acids is 2. The number of aliphatic hydroxyl groups excluding tert-OH is 2. The number of hydrogen-bond acceptors (Lipinski definition) is 9. The van der Waals surface area contributed by atoms with E-state index >= 15 is 0 Å². The Labute approximate surface area is 262 Å². The number of carbonyl (C=O) groups is 5. The van der Waals surface area contributed by atoms with Crippen molar-refractivity contribution in [3.05, 3.63) is 48.6 Å². The Bertz CT molecular complexity index is 1020. The van der Waals surface area contributed by atoms with Gasteiger partial charge in [0.15, 0.2) is 0 Å². The van der Waals surface area contributed by atoms with Gasteiger partial charge in [0.25, 0.3) is 0 Å². The second kappa shape index (κ2) is 24.9. The summed E-state index contributed by atoms with van der Waals surface area (Å²) in [6, 6.07) is -2.48. The lowest BCUT2D eigenvalue weighted by Gasteiger charge is -2.23. The van der Waals surface area contributed by atoms with Crippen LogP contribution in [0.4, 0.5) is 0 Å². The Morgan fingerprint density at radius 3 is 2.02 bits per heavy atom. The highest BCUT2D eigenvalue weighted by Gasteiger charge is 2.25. The number of aliphatic carboxylic acids is 3. The molecule has 0 fully saturated rings. The van der Waals surface area contributed by atoms with Gasteiger partial charge in [-0.1, -0.05) is 74.8 Å². The van der Waals surface area contributed by atoms with Crippen LogP contribution in [0.5, 0.6) is 0 Å². The molecule has 13 nitrogen and oxygen atoms in total. The Morgan fingerprint density at radius 1 is 0.795 bits per heavy atom. The van der Waals surface area contributed by atoms with Gasteiger partial charge in [-0.2, -0.15) is 0 Å². The fourth-order valence-electron chi connectivity index (χ4n) is 3.60. The van der Waals surface area contributed by atoms with Crippen molar-refractivity contribution in [2.45, 2.75) is 94.3 Å². The van der Waals surface area contributed by atoms with Gasteiger partial charge in [-0.15, -0.1) is 11.8 Å². The topological polar surface area (TPSA) is 237 Å². The molecule has 0 aliphatic rings. The monoisotopic (exact) mass is 641 g/mol. The molecule has 0 aromatic heterocycles. The maximum Gasteiger partial charge on any atom is 0.322 e. The molecule has 0 aliphatic heterocycles. The molecule has 0 aliphatic carbocycles. The molecular weight excluding hydrogens is 594 g/mol. The zero-order valence-electron chi connectivity index (χ0n) is 25.0. The third-order valence-corrected chi connectivity index (χ3v) is 7.47. The molecule has 2 amide bonds. The number of aliphatic hydroxyl groups is 2. The summed E-state index contributed by atoms with van der Waals surface area (Å²) in [4.78, 5) is 57.8. The van der Waals surface area contributed by atoms with Crippen LogP contribution in [0.2, 0.25) is 0 Å². The standard InChI is InChI=1S/C30H47N3O10S/c1-2-3-8-12-21(34)13-9-6-4-5-7-10-15-25(24(35)14-11-16-27(37)38)44-20-23(29(41)32-19-28(39)40)33-26(36)18-17-22(31)30(42)43/h4-7,9-10,13,15,21-25,34-35H,2-3,8,11-12,14,16-20,31H2,1H3,(H,32,41)(H,33,36)(H,37,38)(H,39,40)(H,42,43)/b6-4-,7-5+,13-9+,15-10+/t21-,22-,23-,24+,25-/m0/s1. The second-order valence-electron chi connectivity index (χ2n) is 9.97. The lowest BCUT2D eigenvalue weighted by atomic mass is 10.1. The fraction of sp³-hybridized carbons (Fsp3) is 0.567. The number of allylic oxidation sites excluding steroid dienone is 6. The van der Waals surface area contributed by atoms with Gasteiger partial charge in [0.1, 0.15) is 18.6 Å². The molecule has 14 heteroatoms. The molecule has 0 aromatic rings. The first kappa shape index (κ1) is 40.5. The second-order valence-corrected chi connectivity index (χ2v) is 11.2. The summed E-state index contributed by atoms with van der Waals surface area (Å²) in [6.45, 7) is 1.41. The summed E-state index contributed by atoms with van der Waals surface area (Å²) in [5.74, 6) is -5.11. The van der Waals surface area contributed by atoms with E-state index in [1.54, 1.807) is 48.6 Å². The van der Waals surface area contributed by atoms with Crippen molar-refractivity contribution in [3.63, 3.8) is 0 Å². The predicted octanol–water partition coefficient (Wildman–Crippen LogP) is 1.75. The van der Waals surface area contributed by atoms with Gasteiger partial charge < -0.3 is 41.9 Å². The highest BCUT2D eigenvalue weighted by Crippen LogP contribution is 2.22. The van der Waals surface area contributed by atoms with Crippen molar-refractivity contribution in [2.75, 3.05) is 12.3 Å². The average Bonchev–Trinajstić information content (AvgIpc) is 2.96. The summed E-state index contributed by atoms with van der Waals surface area (Å²) in [6.07, 6.45) is 15.8. The molecule has 0 aromatic carbocycles. The number of hydrogen-bond donors (Lipinski definition) is 8. The van der Waals surface area contributed by atoms with Crippen molar-refractivity contribution in [3.8, 4) is 0 Å². The minimum atomic E-state index is -1.29. The van der Waals surface area contributed by atoms with Crippen LogP contribution in [0, 0.1) is 0 Å². The molecule has 0 heterocycles. The van der Waals surface area contributed by atoms with Crippen LogP contribution < -0.4 is 16.4 Å². The van der Waals surface area contributed by atoms with Gasteiger partial charge in [-0.05, 0) is 25.7 Å². The first-order valence-electron chi connectivity index (χ1n) is 14.5. The number of nitrogens with two attached hydrogens (primary N) is 1. The number of carboxylic acid groups (broad SMARTS) is 3. The smallest absolute Gasteiger partial charge is 0.322 e. The van der Waals surface area contributed by atoms with Crippen molar-refractivity contribution in [1.82, 2.24) is 10.6 Å². The van der Waals surface area contributed by atoms with Crippen LogP contribution in [0.15, 0.2) is 48.6 Å². The minimum Gasteiger partial charge on any atom is -0.481 e. The van der Waals surface area contributed by atoms with E-state index in [1.165, 1.54) is 0 Å². The summed E-state index contributed by atoms with van der Waals surface area (Å²) >= 11 is 1.10. The fourth-order valence-corrected chi connectivity index (χ4v) is 4.81. The summed E-state index contributed by atoms with van der Waals surface area (Å²) in [7, 11) is 0. The van der Waals surface area contributed by atoms with Crippen molar-refractivity contribution in [2.24, 2.45) is 5.73 Å². The Kier molecular flexibility index (Phi) is 23.0. The molecule has 0 radical (unpaired) electrons. The van der Waals surface area contributed by atoms with Crippen molar-refractivity contribution < 1.29 is 49.5 Å². The SMILES string of the molecule is CCCCC[C@H](O)/C=C/C=C\C=C\C=C\[C@H](SC[C@H](NC(=O)CC[C@H](N)C(=O)O)C(=O)NCC(=O)O)[C@H](O)CCCC(=O)O. The van der Waals surface area contributed by atoms with E-state index in [2.05, 4.69) is 17.6 Å². The molecule has 5 atom stereocenters. The summed E-state index contributed by atoms with van der Waals surface area (Å²) in [5, 5.41) is 51.4. The van der Waals surface area contributed by atoms with Crippen LogP contribution in [-0.4, -0.2) is 97.1 Å². The van der Waals surface area contributed by atoms with Gasteiger partial charge in [0.2, 0.25) is 11.8 Å². The Morgan fingerprint density at radius 2 is 1.43 bits per heavy atom. The molecule has 0 rings (SSSR count). The van der Waals surface area contributed by atoms with E-state index in [0.29, 0.717) is 6.42 Å². The molecule has 0 saturated heterocycles. The molecule has 248 valence electrons. The Balaban J connectivity index is 5.45. The number of carboxylic acids is 3. The van der Waals surface area contributed by atoms with Gasteiger partial charge in [0.05, 0.1) is 12.2 Å². The lowest BCUT2D eigenvalue weighted by Crippen LogP contribution is -2.50. The Hall–Kier alpha value is -3.46. The van der Waals surface area contributed by atoms with Crippen LogP contribution in [-0.2, 0) is 24.0 Å². The maximum absolute atomic E-state index is 12.6. The number of nitrogens with one attached hydrogen (secondary N) is 2. The van der Waals surface area contributed by atoms with Gasteiger partial charge in [-0.25, -0.2) is 0 Å². The largest absolute Gasteiger partial charge is 0.481 e. The predicted molar refractivity (Wildman–Crippen MR) is 168 cm³/mol. The molecule has 44 heavy (non-hydrogen) atoms. The molecule has 9 N–H and O–H groups in total. The first-order chi connectivity index (χ1) is 20.9. The molecule has 0 saturated carbocycles. The quantitative estimate of drug-likeness (QED) is 0.0526.